The van der Waals surface area contributed by atoms with Crippen LogP contribution >= 0.6 is 0 Å². The number of rotatable bonds is 6. The smallest absolute Gasteiger partial charge is 0.408 e. The molecule has 0 aromatic heterocycles. The Morgan fingerprint density at radius 3 is 2.32 bits per heavy atom. The molecule has 0 aromatic rings. The van der Waals surface area contributed by atoms with Crippen molar-refractivity contribution in [3.8, 4) is 0 Å². The second kappa shape index (κ2) is 7.81. The molecule has 0 heterocycles. The van der Waals surface area contributed by atoms with Crippen LogP contribution in [0.15, 0.2) is 12.7 Å². The number of alkyl carbamates (subject to hydrolysis) is 1. The highest BCUT2D eigenvalue weighted by Crippen LogP contribution is 2.11. The molecule has 0 radical (unpaired) electrons. The van der Waals surface area contributed by atoms with E-state index in [0.29, 0.717) is 6.42 Å². The van der Waals surface area contributed by atoms with Crippen LogP contribution in [0.1, 0.15) is 47.5 Å². The summed E-state index contributed by atoms with van der Waals surface area (Å²) in [7, 11) is 0. The van der Waals surface area contributed by atoms with E-state index in [4.69, 9.17) is 9.47 Å². The normalized spacial score (nSPS) is 14.2. The molecule has 1 N–H and O–H groups in total. The van der Waals surface area contributed by atoms with Crippen molar-refractivity contribution in [2.75, 3.05) is 0 Å². The fraction of sp³-hybridized carbons (Fsp3) is 0.714. The highest BCUT2D eigenvalue weighted by Gasteiger charge is 2.25. The maximum atomic E-state index is 11.7. The van der Waals surface area contributed by atoms with Crippen molar-refractivity contribution in [1.82, 2.24) is 5.32 Å². The van der Waals surface area contributed by atoms with Crippen LogP contribution in [0.5, 0.6) is 0 Å². The van der Waals surface area contributed by atoms with Gasteiger partial charge in [0.05, 0.1) is 6.04 Å². The van der Waals surface area contributed by atoms with Crippen LogP contribution in [0.4, 0.5) is 4.79 Å². The lowest BCUT2D eigenvalue weighted by Crippen LogP contribution is -2.46. The summed E-state index contributed by atoms with van der Waals surface area (Å²) in [6.07, 6.45) is 1.95. The van der Waals surface area contributed by atoms with Gasteiger partial charge < -0.3 is 14.8 Å². The van der Waals surface area contributed by atoms with Crippen molar-refractivity contribution in [1.29, 1.82) is 0 Å². The Balaban J connectivity index is 4.66. The number of esters is 1. The third-order valence-corrected chi connectivity index (χ3v) is 2.23. The molecular weight excluding hydrogens is 246 g/mol. The van der Waals surface area contributed by atoms with E-state index in [1.54, 1.807) is 20.8 Å². The van der Waals surface area contributed by atoms with E-state index in [0.717, 1.165) is 6.42 Å². The van der Waals surface area contributed by atoms with Gasteiger partial charge in [-0.1, -0.05) is 19.9 Å². The van der Waals surface area contributed by atoms with Crippen molar-refractivity contribution in [2.24, 2.45) is 0 Å². The van der Waals surface area contributed by atoms with Gasteiger partial charge in [-0.3, -0.25) is 4.79 Å². The maximum absolute atomic E-state index is 11.7. The van der Waals surface area contributed by atoms with Crippen LogP contribution in [0.3, 0.4) is 0 Å². The predicted molar refractivity (Wildman–Crippen MR) is 73.8 cm³/mol. The first-order valence-electron chi connectivity index (χ1n) is 6.49. The van der Waals surface area contributed by atoms with Crippen LogP contribution in [-0.2, 0) is 14.3 Å². The summed E-state index contributed by atoms with van der Waals surface area (Å²) < 4.78 is 10.3. The molecule has 0 spiro atoms. The summed E-state index contributed by atoms with van der Waals surface area (Å²) in [6, 6.07) is -0.332. The highest BCUT2D eigenvalue weighted by atomic mass is 16.6. The number of hydrogen-bond donors (Lipinski definition) is 1. The number of carbonyl (C=O) groups is 2. The summed E-state index contributed by atoms with van der Waals surface area (Å²) >= 11 is 0. The minimum absolute atomic E-state index is 0.332. The van der Waals surface area contributed by atoms with Gasteiger partial charge in [-0.25, -0.2) is 4.79 Å². The first-order valence-corrected chi connectivity index (χ1v) is 6.49. The molecule has 19 heavy (non-hydrogen) atoms. The molecule has 0 saturated carbocycles. The van der Waals surface area contributed by atoms with Gasteiger partial charge in [0.1, 0.15) is 11.7 Å². The van der Waals surface area contributed by atoms with E-state index >= 15 is 0 Å². The molecule has 110 valence electrons. The van der Waals surface area contributed by atoms with E-state index in [-0.39, 0.29) is 6.04 Å². The first kappa shape index (κ1) is 17.5. The standard InChI is InChI=1S/C14H25NO4/c1-7-9-11(12(8-2)18-10(3)16)15-13(17)19-14(4,5)6/h8,11-12H,2,7,9H2,1,3-6H3,(H,15,17)/t11-,12-/m1/s1. The van der Waals surface area contributed by atoms with Gasteiger partial charge in [0, 0.05) is 6.92 Å². The van der Waals surface area contributed by atoms with Crippen LogP contribution in [0.25, 0.3) is 0 Å². The number of carbonyl (C=O) groups excluding carboxylic acids is 2. The van der Waals surface area contributed by atoms with Crippen LogP contribution in [0, 0.1) is 0 Å². The van der Waals surface area contributed by atoms with Gasteiger partial charge in [-0.05, 0) is 33.3 Å². The van der Waals surface area contributed by atoms with Crippen molar-refractivity contribution >= 4 is 12.1 Å². The SMILES string of the molecule is C=C[C@@H](OC(C)=O)[C@@H](CCC)NC(=O)OC(C)(C)C. The maximum Gasteiger partial charge on any atom is 0.408 e. The quantitative estimate of drug-likeness (QED) is 0.596. The van der Waals surface area contributed by atoms with Crippen molar-refractivity contribution in [3.63, 3.8) is 0 Å². The average Bonchev–Trinajstić information content (AvgIpc) is 2.22. The van der Waals surface area contributed by atoms with Gasteiger partial charge in [-0.2, -0.15) is 0 Å². The second-order valence-electron chi connectivity index (χ2n) is 5.35. The zero-order valence-corrected chi connectivity index (χ0v) is 12.5. The Kier molecular flexibility index (Phi) is 7.19. The van der Waals surface area contributed by atoms with Crippen LogP contribution in [0.2, 0.25) is 0 Å². The van der Waals surface area contributed by atoms with Gasteiger partial charge >= 0.3 is 12.1 Å². The van der Waals surface area contributed by atoms with E-state index in [1.807, 2.05) is 6.92 Å². The lowest BCUT2D eigenvalue weighted by atomic mass is 10.1. The first-order chi connectivity index (χ1) is 8.69. The lowest BCUT2D eigenvalue weighted by molar-refractivity contribution is -0.145. The number of amides is 1. The van der Waals surface area contributed by atoms with Gasteiger partial charge in [0.15, 0.2) is 0 Å². The summed E-state index contributed by atoms with van der Waals surface area (Å²) in [5, 5.41) is 2.72. The third-order valence-electron chi connectivity index (χ3n) is 2.23. The molecule has 2 atom stereocenters. The molecular formula is C14H25NO4. The number of nitrogens with one attached hydrogen (secondary N) is 1. The van der Waals surface area contributed by atoms with E-state index in [9.17, 15) is 9.59 Å². The zero-order chi connectivity index (χ0) is 15.1. The molecule has 0 bridgehead atoms. The summed E-state index contributed by atoms with van der Waals surface area (Å²) in [5.74, 6) is -0.406. The zero-order valence-electron chi connectivity index (χ0n) is 12.5. The Bertz CT molecular complexity index is 320. The minimum atomic E-state index is -0.564. The fourth-order valence-electron chi connectivity index (χ4n) is 1.57. The van der Waals surface area contributed by atoms with Gasteiger partial charge in [-0.15, -0.1) is 0 Å². The summed E-state index contributed by atoms with van der Waals surface area (Å²) in [4.78, 5) is 22.8. The number of ether oxygens (including phenoxy) is 2. The Labute approximate surface area is 115 Å². The molecule has 5 nitrogen and oxygen atoms in total. The topological polar surface area (TPSA) is 64.6 Å². The molecule has 0 aliphatic rings. The molecule has 0 aromatic carbocycles. The largest absolute Gasteiger partial charge is 0.456 e. The average molecular weight is 271 g/mol. The Morgan fingerprint density at radius 2 is 1.95 bits per heavy atom. The third kappa shape index (κ3) is 8.24. The minimum Gasteiger partial charge on any atom is -0.456 e. The highest BCUT2D eigenvalue weighted by molar-refractivity contribution is 5.69. The van der Waals surface area contributed by atoms with Crippen LogP contribution in [-0.4, -0.2) is 29.8 Å². The lowest BCUT2D eigenvalue weighted by Gasteiger charge is -2.27. The van der Waals surface area contributed by atoms with Gasteiger partial charge in [0.2, 0.25) is 0 Å². The van der Waals surface area contributed by atoms with E-state index in [1.165, 1.54) is 13.0 Å². The monoisotopic (exact) mass is 271 g/mol. The molecule has 0 fully saturated rings. The van der Waals surface area contributed by atoms with Gasteiger partial charge in [0.25, 0.3) is 0 Å². The Morgan fingerprint density at radius 1 is 1.37 bits per heavy atom. The van der Waals surface area contributed by atoms with E-state index in [2.05, 4.69) is 11.9 Å². The summed E-state index contributed by atoms with van der Waals surface area (Å²) in [5.41, 5.74) is -0.564. The molecule has 0 saturated heterocycles. The molecule has 1 amide bonds. The molecule has 0 unspecified atom stereocenters. The van der Waals surface area contributed by atoms with Crippen LogP contribution < -0.4 is 5.32 Å². The summed E-state index contributed by atoms with van der Waals surface area (Å²) in [6.45, 7) is 12.3. The molecule has 0 rings (SSSR count). The van der Waals surface area contributed by atoms with Crippen molar-refractivity contribution in [3.05, 3.63) is 12.7 Å². The molecule has 5 heteroatoms. The second-order valence-corrected chi connectivity index (χ2v) is 5.35. The Hall–Kier alpha value is -1.52. The van der Waals surface area contributed by atoms with E-state index < -0.39 is 23.8 Å². The fourth-order valence-corrected chi connectivity index (χ4v) is 1.57. The number of hydrogen-bond acceptors (Lipinski definition) is 4. The van der Waals surface area contributed by atoms with Crippen molar-refractivity contribution in [2.45, 2.75) is 65.2 Å². The van der Waals surface area contributed by atoms with Crippen molar-refractivity contribution < 1.29 is 19.1 Å². The molecule has 0 aliphatic carbocycles. The predicted octanol–water partition coefficient (Wildman–Crippen LogP) is 2.80. The molecule has 0 aliphatic heterocycles.